The fraction of sp³-hybridized carbons (Fsp3) is 0.379. The first-order chi connectivity index (χ1) is 21.3. The van der Waals surface area contributed by atoms with Crippen LogP contribution in [0.4, 0.5) is 0 Å². The second-order valence-electron chi connectivity index (χ2n) is 10.5. The minimum atomic E-state index is -1.36. The number of H-pyrrole nitrogens is 1. The molecule has 2 aromatic heterocycles. The molecule has 240 valence electrons. The van der Waals surface area contributed by atoms with Crippen LogP contribution in [0.5, 0.6) is 5.75 Å². The summed E-state index contributed by atoms with van der Waals surface area (Å²) < 4.78 is 11.9. The lowest BCUT2D eigenvalue weighted by molar-refractivity contribution is -0.152. The Hall–Kier alpha value is -3.84. The average molecular weight is 680 g/mol. The fourth-order valence-corrected chi connectivity index (χ4v) is 5.00. The molecule has 13 nitrogen and oxygen atoms in total. The lowest BCUT2D eigenvalue weighted by atomic mass is 10.1. The Morgan fingerprint density at radius 2 is 1.82 bits per heavy atom. The highest BCUT2D eigenvalue weighted by molar-refractivity contribution is 6.40. The SMILES string of the molecule is CC(C)c1nn(-c2c(Cl)cc(Cl)cc2Cl)c2nc(Cc3ccc(OC(C)(C)C(=O)O)cc3)[nH]c(=O)c12.[N-]=[N+]=NCCOCCN. The van der Waals surface area contributed by atoms with E-state index in [1.54, 1.807) is 36.4 Å². The van der Waals surface area contributed by atoms with Gasteiger partial charge in [0.15, 0.2) is 11.2 Å². The number of nitrogens with zero attached hydrogens (tertiary/aromatic N) is 6. The maximum atomic E-state index is 13.1. The third kappa shape index (κ3) is 9.33. The molecule has 0 saturated carbocycles. The lowest BCUT2D eigenvalue weighted by Gasteiger charge is -2.21. The second-order valence-corrected chi connectivity index (χ2v) is 11.7. The molecular weight excluding hydrogens is 647 g/mol. The molecule has 45 heavy (non-hydrogen) atoms. The van der Waals surface area contributed by atoms with E-state index in [-0.39, 0.29) is 21.5 Å². The van der Waals surface area contributed by atoms with Crippen molar-refractivity contribution < 1.29 is 19.4 Å². The first kappa shape index (κ1) is 35.6. The van der Waals surface area contributed by atoms with Gasteiger partial charge in [-0.25, -0.2) is 14.5 Å². The van der Waals surface area contributed by atoms with Crippen LogP contribution in [0.3, 0.4) is 0 Å². The molecule has 0 unspecified atom stereocenters. The third-order valence-electron chi connectivity index (χ3n) is 6.20. The van der Waals surface area contributed by atoms with Gasteiger partial charge in [-0.3, -0.25) is 4.79 Å². The summed E-state index contributed by atoms with van der Waals surface area (Å²) in [6.07, 6.45) is 0.304. The highest BCUT2D eigenvalue weighted by atomic mass is 35.5. The van der Waals surface area contributed by atoms with Crippen molar-refractivity contribution in [1.29, 1.82) is 0 Å². The standard InChI is InChI=1S/C25H23Cl3N4O4.C4H10N4O/c1-12(2)20-19-22(32(31-20)21-16(27)10-14(26)11-17(21)28)29-18(30-23(19)33)9-13-5-7-15(8-6-13)36-25(3,4)24(34)35;5-1-3-9-4-2-7-8-6/h5-8,10-12H,9H2,1-4H3,(H,34,35)(H,29,30,33);1-5H2. The van der Waals surface area contributed by atoms with Gasteiger partial charge in [0.05, 0.1) is 29.0 Å². The van der Waals surface area contributed by atoms with Crippen molar-refractivity contribution in [3.05, 3.63) is 89.3 Å². The number of carbonyl (C=O) groups is 1. The topological polar surface area (TPSA) is 194 Å². The Morgan fingerprint density at radius 1 is 1.18 bits per heavy atom. The monoisotopic (exact) mass is 678 g/mol. The zero-order valence-corrected chi connectivity index (χ0v) is 27.3. The zero-order valence-electron chi connectivity index (χ0n) is 25.1. The van der Waals surface area contributed by atoms with E-state index in [4.69, 9.17) is 60.5 Å². The van der Waals surface area contributed by atoms with Crippen molar-refractivity contribution in [1.82, 2.24) is 19.7 Å². The summed E-state index contributed by atoms with van der Waals surface area (Å²) in [6, 6.07) is 10.0. The number of ether oxygens (including phenoxy) is 2. The molecule has 0 saturated heterocycles. The van der Waals surface area contributed by atoms with Crippen molar-refractivity contribution in [3.63, 3.8) is 0 Å². The first-order valence-corrected chi connectivity index (χ1v) is 14.9. The fourth-order valence-electron chi connectivity index (χ4n) is 4.02. The summed E-state index contributed by atoms with van der Waals surface area (Å²) in [5.41, 5.74) is 13.3. The van der Waals surface area contributed by atoms with Crippen molar-refractivity contribution in [2.24, 2.45) is 10.8 Å². The molecule has 0 spiro atoms. The van der Waals surface area contributed by atoms with Crippen molar-refractivity contribution in [2.75, 3.05) is 26.3 Å². The van der Waals surface area contributed by atoms with E-state index in [0.717, 1.165) is 5.56 Å². The molecule has 0 radical (unpaired) electrons. The van der Waals surface area contributed by atoms with Crippen molar-refractivity contribution >= 4 is 51.8 Å². The van der Waals surface area contributed by atoms with Crippen LogP contribution in [0.2, 0.25) is 15.1 Å². The van der Waals surface area contributed by atoms with E-state index in [1.165, 1.54) is 18.5 Å². The quantitative estimate of drug-likeness (QED) is 0.0672. The number of carboxylic acids is 1. The second kappa shape index (κ2) is 15.9. The molecule has 0 amide bonds. The molecule has 0 fully saturated rings. The van der Waals surface area contributed by atoms with Crippen LogP contribution in [-0.4, -0.2) is 62.7 Å². The molecule has 4 N–H and O–H groups in total. The minimum absolute atomic E-state index is 0.0602. The number of benzene rings is 2. The highest BCUT2D eigenvalue weighted by Gasteiger charge is 2.29. The number of nitrogens with two attached hydrogens (primary N) is 1. The molecule has 2 aromatic carbocycles. The van der Waals surface area contributed by atoms with Gasteiger partial charge < -0.3 is 25.3 Å². The summed E-state index contributed by atoms with van der Waals surface area (Å²) >= 11 is 19.0. The number of halogens is 3. The number of azide groups is 1. The Kier molecular flexibility index (Phi) is 12.6. The number of carboxylic acid groups (broad SMARTS) is 1. The predicted octanol–water partition coefficient (Wildman–Crippen LogP) is 6.30. The van der Waals surface area contributed by atoms with E-state index >= 15 is 0 Å². The number of hydrogen-bond acceptors (Lipinski definition) is 8. The van der Waals surface area contributed by atoms with Crippen LogP contribution in [0, 0.1) is 0 Å². The largest absolute Gasteiger partial charge is 0.478 e. The Labute approximate surface area is 273 Å². The minimum Gasteiger partial charge on any atom is -0.478 e. The summed E-state index contributed by atoms with van der Waals surface area (Å²) in [7, 11) is 0. The Morgan fingerprint density at radius 3 is 2.38 bits per heavy atom. The van der Waals surface area contributed by atoms with Crippen molar-refractivity contribution in [2.45, 2.75) is 45.6 Å². The Balaban J connectivity index is 0.000000535. The van der Waals surface area contributed by atoms with Gasteiger partial charge in [0.25, 0.3) is 5.56 Å². The van der Waals surface area contributed by atoms with Gasteiger partial charge in [0.2, 0.25) is 0 Å². The molecule has 4 aromatic rings. The normalized spacial score (nSPS) is 11.2. The number of rotatable bonds is 12. The van der Waals surface area contributed by atoms with E-state index in [0.29, 0.717) is 71.7 Å². The van der Waals surface area contributed by atoms with Crippen molar-refractivity contribution in [3.8, 4) is 11.4 Å². The van der Waals surface area contributed by atoms with Crippen LogP contribution >= 0.6 is 34.8 Å². The molecule has 0 aliphatic rings. The number of aromatic nitrogens is 4. The van der Waals surface area contributed by atoms with Crippen LogP contribution in [0.1, 0.15) is 50.7 Å². The smallest absolute Gasteiger partial charge is 0.347 e. The van der Waals surface area contributed by atoms with Gasteiger partial charge >= 0.3 is 5.97 Å². The van der Waals surface area contributed by atoms with Crippen LogP contribution in [0.15, 0.2) is 46.3 Å². The van der Waals surface area contributed by atoms with Gasteiger partial charge in [0.1, 0.15) is 22.6 Å². The summed E-state index contributed by atoms with van der Waals surface area (Å²) in [5, 5.41) is 18.4. The van der Waals surface area contributed by atoms with E-state index in [9.17, 15) is 14.7 Å². The summed E-state index contributed by atoms with van der Waals surface area (Å²) in [5.74, 6) is -0.311. The van der Waals surface area contributed by atoms with Gasteiger partial charge in [0, 0.05) is 29.4 Å². The first-order valence-electron chi connectivity index (χ1n) is 13.8. The molecule has 2 heterocycles. The Bertz CT molecular complexity index is 1730. The van der Waals surface area contributed by atoms with Crippen LogP contribution in [0.25, 0.3) is 27.2 Å². The number of nitrogens with one attached hydrogen (secondary N) is 1. The average Bonchev–Trinajstić information content (AvgIpc) is 3.34. The van der Waals surface area contributed by atoms with E-state index in [2.05, 4.69) is 20.1 Å². The maximum absolute atomic E-state index is 13.1. The van der Waals surface area contributed by atoms with Gasteiger partial charge in [-0.2, -0.15) is 5.10 Å². The van der Waals surface area contributed by atoms with E-state index < -0.39 is 11.6 Å². The maximum Gasteiger partial charge on any atom is 0.347 e. The predicted molar refractivity (Wildman–Crippen MR) is 174 cm³/mol. The lowest BCUT2D eigenvalue weighted by Crippen LogP contribution is -2.37. The highest BCUT2D eigenvalue weighted by Crippen LogP contribution is 2.34. The van der Waals surface area contributed by atoms with Gasteiger partial charge in [-0.1, -0.05) is 65.9 Å². The zero-order chi connectivity index (χ0) is 33.3. The third-order valence-corrected chi connectivity index (χ3v) is 6.99. The molecule has 0 atom stereocenters. The molecule has 0 bridgehead atoms. The molecule has 16 heteroatoms. The molecule has 4 rings (SSSR count). The number of hydrogen-bond donors (Lipinski definition) is 3. The van der Waals surface area contributed by atoms with Gasteiger partial charge in [-0.15, -0.1) is 0 Å². The van der Waals surface area contributed by atoms with Crippen LogP contribution in [-0.2, 0) is 16.0 Å². The summed E-state index contributed by atoms with van der Waals surface area (Å²) in [6.45, 7) is 8.69. The van der Waals surface area contributed by atoms with Crippen LogP contribution < -0.4 is 16.0 Å². The molecule has 0 aliphatic carbocycles. The number of aromatic amines is 1. The van der Waals surface area contributed by atoms with Gasteiger partial charge in [-0.05, 0) is 55.1 Å². The number of fused-ring (bicyclic) bond motifs is 1. The number of aliphatic carboxylic acids is 1. The molecule has 0 aliphatic heterocycles. The van der Waals surface area contributed by atoms with E-state index in [1.807, 2.05) is 13.8 Å². The summed E-state index contributed by atoms with van der Waals surface area (Å²) in [4.78, 5) is 34.6. The molecular formula is C29H33Cl3N8O5.